The summed E-state index contributed by atoms with van der Waals surface area (Å²) in [4.78, 5) is 8.77. The second kappa shape index (κ2) is 10.1. The van der Waals surface area contributed by atoms with Gasteiger partial charge in [0.05, 0.1) is 19.8 Å². The second-order valence-electron chi connectivity index (χ2n) is 7.38. The monoisotopic (exact) mass is 366 g/mol. The Morgan fingerprint density at radius 3 is 2.76 bits per heavy atom. The van der Waals surface area contributed by atoms with Crippen molar-refractivity contribution in [2.75, 3.05) is 45.9 Å². The lowest BCUT2D eigenvalue weighted by Crippen LogP contribution is -2.52. The van der Waals surface area contributed by atoms with E-state index in [4.69, 9.17) is 9.73 Å². The highest BCUT2D eigenvalue weighted by atomic mass is 32.1. The molecule has 1 aromatic rings. The van der Waals surface area contributed by atoms with E-state index in [1.165, 1.54) is 4.88 Å². The lowest BCUT2D eigenvalue weighted by atomic mass is 10.0. The zero-order valence-corrected chi connectivity index (χ0v) is 17.0. The van der Waals surface area contributed by atoms with E-state index in [9.17, 15) is 0 Å². The van der Waals surface area contributed by atoms with Crippen LogP contribution < -0.4 is 10.6 Å². The van der Waals surface area contributed by atoms with Crippen LogP contribution in [0.3, 0.4) is 0 Å². The smallest absolute Gasteiger partial charge is 0.191 e. The van der Waals surface area contributed by atoms with Crippen LogP contribution in [0.1, 0.15) is 32.6 Å². The largest absolute Gasteiger partial charge is 0.379 e. The van der Waals surface area contributed by atoms with Crippen molar-refractivity contribution in [3.05, 3.63) is 22.4 Å². The van der Waals surface area contributed by atoms with Crippen LogP contribution in [0, 0.1) is 5.92 Å². The summed E-state index contributed by atoms with van der Waals surface area (Å²) in [5.41, 5.74) is 0.0503. The highest BCUT2D eigenvalue weighted by Crippen LogP contribution is 2.17. The van der Waals surface area contributed by atoms with E-state index in [2.05, 4.69) is 60.7 Å². The number of rotatable bonds is 8. The molecule has 5 nitrogen and oxygen atoms in total. The minimum atomic E-state index is 0.0503. The van der Waals surface area contributed by atoms with Crippen LogP contribution >= 0.6 is 11.3 Å². The van der Waals surface area contributed by atoms with Crippen LogP contribution in [0.5, 0.6) is 0 Å². The number of hydrogen-bond donors (Lipinski definition) is 2. The summed E-state index contributed by atoms with van der Waals surface area (Å²) in [7, 11) is 0. The van der Waals surface area contributed by atoms with Crippen molar-refractivity contribution in [2.45, 2.75) is 39.7 Å². The van der Waals surface area contributed by atoms with Gasteiger partial charge in [-0.1, -0.05) is 13.0 Å². The Hall–Kier alpha value is -1.11. The van der Waals surface area contributed by atoms with Gasteiger partial charge in [-0.25, -0.2) is 0 Å². The van der Waals surface area contributed by atoms with Gasteiger partial charge < -0.3 is 15.4 Å². The van der Waals surface area contributed by atoms with Gasteiger partial charge in [0.1, 0.15) is 0 Å². The second-order valence-corrected chi connectivity index (χ2v) is 8.41. The molecule has 6 heteroatoms. The van der Waals surface area contributed by atoms with Crippen molar-refractivity contribution in [1.82, 2.24) is 15.5 Å². The molecule has 2 N–H and O–H groups in total. The zero-order valence-electron chi connectivity index (χ0n) is 16.2. The van der Waals surface area contributed by atoms with Crippen LogP contribution in [-0.4, -0.2) is 62.3 Å². The molecule has 0 radical (unpaired) electrons. The standard InChI is InChI=1S/C19H34N4OS/c1-5-20-18(21-14-16(2)13-17-7-6-12-25-17)22-15-19(3,4)23-8-10-24-11-9-23/h6-7,12,16H,5,8-11,13-15H2,1-4H3,(H2,20,21,22). The maximum atomic E-state index is 5.47. The number of aliphatic imine (C=N–C) groups is 1. The molecule has 1 atom stereocenters. The number of ether oxygens (including phenoxy) is 1. The molecule has 1 fully saturated rings. The number of nitrogens with zero attached hydrogens (tertiary/aromatic N) is 2. The molecule has 1 unspecified atom stereocenters. The highest BCUT2D eigenvalue weighted by molar-refractivity contribution is 7.09. The van der Waals surface area contributed by atoms with E-state index in [1.807, 2.05) is 11.3 Å². The van der Waals surface area contributed by atoms with Crippen LogP contribution in [0.2, 0.25) is 0 Å². The molecule has 0 bridgehead atoms. The third-order valence-corrected chi connectivity index (χ3v) is 5.48. The van der Waals surface area contributed by atoms with Crippen LogP contribution in [0.4, 0.5) is 0 Å². The van der Waals surface area contributed by atoms with Gasteiger partial charge in [0.2, 0.25) is 0 Å². The number of guanidine groups is 1. The topological polar surface area (TPSA) is 48.9 Å². The molecule has 0 aliphatic carbocycles. The summed E-state index contributed by atoms with van der Waals surface area (Å²) < 4.78 is 5.47. The van der Waals surface area contributed by atoms with Crippen molar-refractivity contribution in [1.29, 1.82) is 0 Å². The molecule has 2 rings (SSSR count). The fourth-order valence-electron chi connectivity index (χ4n) is 3.00. The van der Waals surface area contributed by atoms with Gasteiger partial charge in [-0.3, -0.25) is 9.89 Å². The lowest BCUT2D eigenvalue weighted by molar-refractivity contribution is -0.00683. The van der Waals surface area contributed by atoms with Gasteiger partial charge in [0, 0.05) is 36.6 Å². The van der Waals surface area contributed by atoms with Gasteiger partial charge >= 0.3 is 0 Å². The lowest BCUT2D eigenvalue weighted by Gasteiger charge is -2.39. The summed E-state index contributed by atoms with van der Waals surface area (Å²) in [5, 5.41) is 9.03. The fraction of sp³-hybridized carbons (Fsp3) is 0.737. The summed E-state index contributed by atoms with van der Waals surface area (Å²) in [6.45, 7) is 15.2. The molecule has 0 aromatic carbocycles. The van der Waals surface area contributed by atoms with Crippen LogP contribution in [0.25, 0.3) is 0 Å². The van der Waals surface area contributed by atoms with Gasteiger partial charge in [-0.15, -0.1) is 11.3 Å². The Morgan fingerprint density at radius 2 is 2.12 bits per heavy atom. The maximum Gasteiger partial charge on any atom is 0.191 e. The first-order chi connectivity index (χ1) is 12.0. The number of hydrogen-bond acceptors (Lipinski definition) is 4. The van der Waals surface area contributed by atoms with E-state index in [0.717, 1.165) is 58.3 Å². The predicted molar refractivity (Wildman–Crippen MR) is 108 cm³/mol. The Morgan fingerprint density at radius 1 is 1.36 bits per heavy atom. The summed E-state index contributed by atoms with van der Waals surface area (Å²) >= 11 is 1.84. The average Bonchev–Trinajstić information content (AvgIpc) is 3.11. The molecule has 0 amide bonds. The highest BCUT2D eigenvalue weighted by Gasteiger charge is 2.28. The molecule has 1 aliphatic heterocycles. The van der Waals surface area contributed by atoms with E-state index in [-0.39, 0.29) is 5.54 Å². The molecule has 142 valence electrons. The molecule has 1 aromatic heterocycles. The maximum absolute atomic E-state index is 5.47. The molecule has 1 saturated heterocycles. The minimum absolute atomic E-state index is 0.0503. The number of thiophene rings is 1. The molecular weight excluding hydrogens is 332 g/mol. The fourth-order valence-corrected chi connectivity index (χ4v) is 3.87. The third-order valence-electron chi connectivity index (χ3n) is 4.58. The Bertz CT molecular complexity index is 510. The third kappa shape index (κ3) is 6.96. The first-order valence-electron chi connectivity index (χ1n) is 9.38. The van der Waals surface area contributed by atoms with Crippen molar-refractivity contribution in [2.24, 2.45) is 10.9 Å². The van der Waals surface area contributed by atoms with E-state index in [0.29, 0.717) is 5.92 Å². The van der Waals surface area contributed by atoms with Gasteiger partial charge in [-0.2, -0.15) is 0 Å². The van der Waals surface area contributed by atoms with E-state index in [1.54, 1.807) is 0 Å². The molecule has 2 heterocycles. The van der Waals surface area contributed by atoms with E-state index < -0.39 is 0 Å². The first kappa shape index (κ1) is 20.2. The Kier molecular flexibility index (Phi) is 8.19. The molecule has 0 spiro atoms. The SMILES string of the molecule is CCNC(=NCC(C)(C)N1CCOCC1)NCC(C)Cc1cccs1. The van der Waals surface area contributed by atoms with Crippen molar-refractivity contribution in [3.8, 4) is 0 Å². The van der Waals surface area contributed by atoms with Crippen LogP contribution in [0.15, 0.2) is 22.5 Å². The Labute approximate surface area is 156 Å². The summed E-state index contributed by atoms with van der Waals surface area (Å²) in [6, 6.07) is 4.34. The summed E-state index contributed by atoms with van der Waals surface area (Å²) in [6.07, 6.45) is 1.11. The normalized spacial score (nSPS) is 18.2. The zero-order chi connectivity index (χ0) is 18.1. The molecule has 0 saturated carbocycles. The van der Waals surface area contributed by atoms with Gasteiger partial charge in [0.15, 0.2) is 5.96 Å². The first-order valence-corrected chi connectivity index (χ1v) is 10.3. The Balaban J connectivity index is 1.84. The van der Waals surface area contributed by atoms with Crippen molar-refractivity contribution in [3.63, 3.8) is 0 Å². The van der Waals surface area contributed by atoms with Crippen LogP contribution in [-0.2, 0) is 11.2 Å². The molecular formula is C19H34N4OS. The number of morpholine rings is 1. The number of nitrogens with one attached hydrogen (secondary N) is 2. The van der Waals surface area contributed by atoms with Crippen molar-refractivity contribution < 1.29 is 4.74 Å². The van der Waals surface area contributed by atoms with Gasteiger partial charge in [-0.05, 0) is 44.6 Å². The van der Waals surface area contributed by atoms with Gasteiger partial charge in [0.25, 0.3) is 0 Å². The summed E-state index contributed by atoms with van der Waals surface area (Å²) in [5.74, 6) is 1.50. The predicted octanol–water partition coefficient (Wildman–Crippen LogP) is 2.59. The molecule has 25 heavy (non-hydrogen) atoms. The average molecular weight is 367 g/mol. The quantitative estimate of drug-likeness (QED) is 0.548. The van der Waals surface area contributed by atoms with Crippen molar-refractivity contribution >= 4 is 17.3 Å². The minimum Gasteiger partial charge on any atom is -0.379 e. The molecule has 1 aliphatic rings. The van der Waals surface area contributed by atoms with E-state index >= 15 is 0 Å².